The van der Waals surface area contributed by atoms with Crippen molar-refractivity contribution in [3.63, 3.8) is 0 Å². The topological polar surface area (TPSA) is 105 Å². The Bertz CT molecular complexity index is 955. The number of hydrogen-bond donors (Lipinski definition) is 4. The Kier molecular flexibility index (Phi) is 5.48. The van der Waals surface area contributed by atoms with Crippen LogP contribution in [-0.2, 0) is 4.79 Å². The van der Waals surface area contributed by atoms with Gasteiger partial charge in [-0.1, -0.05) is 0 Å². The summed E-state index contributed by atoms with van der Waals surface area (Å²) in [4.78, 5) is 28.4. The molecule has 11 heteroatoms. The van der Waals surface area contributed by atoms with Crippen LogP contribution >= 0.6 is 0 Å². The zero-order chi connectivity index (χ0) is 22.3. The quantitative estimate of drug-likeness (QED) is 0.411. The van der Waals surface area contributed by atoms with E-state index >= 15 is 0 Å². The van der Waals surface area contributed by atoms with Gasteiger partial charge in [0.2, 0.25) is 5.91 Å². The maximum Gasteiger partial charge on any atom is 0.322 e. The van der Waals surface area contributed by atoms with Gasteiger partial charge in [-0.05, 0) is 6.92 Å². The molecule has 3 aliphatic heterocycles. The smallest absolute Gasteiger partial charge is 0.315 e. The fourth-order valence-corrected chi connectivity index (χ4v) is 4.30. The molecule has 0 aromatic heterocycles. The van der Waals surface area contributed by atoms with Crippen LogP contribution in [0.2, 0.25) is 0 Å². The van der Waals surface area contributed by atoms with Gasteiger partial charge < -0.3 is 31.2 Å². The lowest BCUT2D eigenvalue weighted by molar-refractivity contribution is -0.621. The molecule has 0 radical (unpaired) electrons. The predicted molar refractivity (Wildman–Crippen MR) is 106 cm³/mol. The van der Waals surface area contributed by atoms with E-state index in [4.69, 9.17) is 5.41 Å². The number of anilines is 1. The molecule has 3 saturated heterocycles. The van der Waals surface area contributed by atoms with Gasteiger partial charge in [-0.25, -0.2) is 18.0 Å². The Morgan fingerprint density at radius 1 is 1.32 bits per heavy atom. The number of likely N-dealkylation sites (tertiary alicyclic amines) is 1. The van der Waals surface area contributed by atoms with Crippen molar-refractivity contribution in [3.05, 3.63) is 41.0 Å². The SMILES string of the molecule is CC1C[NH2+]C(=C(C=N)N2CC3(CNC3)CC2=O)CN1C(=O)Nc1cc(F)c(F)c(F)c1. The molecule has 3 aliphatic rings. The highest BCUT2D eigenvalue weighted by atomic mass is 19.2. The van der Waals surface area contributed by atoms with Gasteiger partial charge in [0.05, 0.1) is 12.6 Å². The highest BCUT2D eigenvalue weighted by Crippen LogP contribution is 2.36. The average molecular weight is 437 g/mol. The molecule has 1 aromatic rings. The fourth-order valence-electron chi connectivity index (χ4n) is 4.30. The Hall–Kier alpha value is -2.92. The second kappa shape index (κ2) is 7.97. The van der Waals surface area contributed by atoms with Crippen molar-refractivity contribution in [2.24, 2.45) is 5.41 Å². The zero-order valence-electron chi connectivity index (χ0n) is 17.0. The lowest BCUT2D eigenvalue weighted by Crippen LogP contribution is -2.90. The molecular weight excluding hydrogens is 413 g/mol. The van der Waals surface area contributed by atoms with Crippen LogP contribution in [0.1, 0.15) is 13.3 Å². The molecule has 1 aromatic carbocycles. The zero-order valence-corrected chi connectivity index (χ0v) is 17.0. The number of carbonyl (C=O) groups is 2. The molecule has 4 rings (SSSR count). The lowest BCUT2D eigenvalue weighted by atomic mass is 9.81. The molecular formula is C20H24F3N6O2+. The van der Waals surface area contributed by atoms with E-state index in [1.54, 1.807) is 4.90 Å². The first-order chi connectivity index (χ1) is 14.7. The van der Waals surface area contributed by atoms with Gasteiger partial charge in [-0.3, -0.25) is 4.79 Å². The number of quaternary nitrogens is 1. The van der Waals surface area contributed by atoms with Crippen LogP contribution in [0, 0.1) is 28.3 Å². The maximum atomic E-state index is 13.5. The number of carbonyl (C=O) groups excluding carboxylic acids is 2. The van der Waals surface area contributed by atoms with Crippen LogP contribution in [-0.4, -0.2) is 66.7 Å². The monoisotopic (exact) mass is 437 g/mol. The summed E-state index contributed by atoms with van der Waals surface area (Å²) in [7, 11) is 0. The normalized spacial score (nSPS) is 24.3. The number of hydrogen-bond acceptors (Lipinski definition) is 4. The average Bonchev–Trinajstić information content (AvgIpc) is 3.06. The minimum absolute atomic E-state index is 0.0483. The number of halogens is 3. The first kappa shape index (κ1) is 21.3. The fraction of sp³-hybridized carbons (Fsp3) is 0.450. The van der Waals surface area contributed by atoms with E-state index in [0.29, 0.717) is 43.0 Å². The van der Waals surface area contributed by atoms with Crippen molar-refractivity contribution in [2.75, 3.05) is 38.0 Å². The second-order valence-electron chi connectivity index (χ2n) is 8.42. The van der Waals surface area contributed by atoms with Crippen LogP contribution in [0.15, 0.2) is 23.5 Å². The molecule has 5 N–H and O–H groups in total. The largest absolute Gasteiger partial charge is 0.322 e. The van der Waals surface area contributed by atoms with Crippen molar-refractivity contribution >= 4 is 23.8 Å². The second-order valence-corrected chi connectivity index (χ2v) is 8.42. The molecule has 31 heavy (non-hydrogen) atoms. The lowest BCUT2D eigenvalue weighted by Gasteiger charge is -2.38. The number of allylic oxidation sites excluding steroid dienone is 1. The summed E-state index contributed by atoms with van der Waals surface area (Å²) in [5.41, 5.74) is 0.826. The molecule has 166 valence electrons. The summed E-state index contributed by atoms with van der Waals surface area (Å²) in [6, 6.07) is 0.597. The molecule has 3 fully saturated rings. The van der Waals surface area contributed by atoms with E-state index in [9.17, 15) is 22.8 Å². The van der Waals surface area contributed by atoms with E-state index in [1.165, 1.54) is 4.90 Å². The van der Waals surface area contributed by atoms with Crippen molar-refractivity contribution < 1.29 is 28.1 Å². The number of amides is 3. The number of benzene rings is 1. The van der Waals surface area contributed by atoms with Crippen molar-refractivity contribution in [2.45, 2.75) is 19.4 Å². The summed E-state index contributed by atoms with van der Waals surface area (Å²) in [6.07, 6.45) is 1.55. The molecule has 0 saturated carbocycles. The summed E-state index contributed by atoms with van der Waals surface area (Å²) >= 11 is 0. The number of piperazine rings is 1. The number of rotatable bonds is 3. The summed E-state index contributed by atoms with van der Waals surface area (Å²) in [5, 5.41) is 15.4. The summed E-state index contributed by atoms with van der Waals surface area (Å²) in [5.74, 6) is -4.44. The number of urea groups is 1. The third-order valence-corrected chi connectivity index (χ3v) is 6.15. The van der Waals surface area contributed by atoms with E-state index < -0.39 is 23.5 Å². The molecule has 3 amide bonds. The van der Waals surface area contributed by atoms with Gasteiger partial charge in [0, 0.05) is 55.5 Å². The van der Waals surface area contributed by atoms with Gasteiger partial charge in [0.25, 0.3) is 0 Å². The van der Waals surface area contributed by atoms with Crippen LogP contribution in [0.4, 0.5) is 23.7 Å². The van der Waals surface area contributed by atoms with Crippen LogP contribution in [0.5, 0.6) is 0 Å². The van der Waals surface area contributed by atoms with Crippen LogP contribution in [0.3, 0.4) is 0 Å². The minimum atomic E-state index is -1.60. The van der Waals surface area contributed by atoms with Crippen molar-refractivity contribution in [1.29, 1.82) is 5.41 Å². The van der Waals surface area contributed by atoms with Crippen LogP contribution < -0.4 is 16.0 Å². The summed E-state index contributed by atoms with van der Waals surface area (Å²) < 4.78 is 40.1. The molecule has 1 atom stereocenters. The van der Waals surface area contributed by atoms with Gasteiger partial charge in [0.15, 0.2) is 23.1 Å². The third kappa shape index (κ3) is 3.90. The van der Waals surface area contributed by atoms with E-state index in [0.717, 1.165) is 19.3 Å². The maximum absolute atomic E-state index is 13.5. The summed E-state index contributed by atoms with van der Waals surface area (Å²) in [6.45, 7) is 4.47. The first-order valence-corrected chi connectivity index (χ1v) is 10.0. The first-order valence-electron chi connectivity index (χ1n) is 10.0. The number of nitrogens with zero attached hydrogens (tertiary/aromatic N) is 2. The predicted octanol–water partition coefficient (Wildman–Crippen LogP) is 0.586. The minimum Gasteiger partial charge on any atom is -0.315 e. The standard InChI is InChI=1S/C20H23F3N6O2/c1-11-6-26-15(16(5-24)29-10-20(4-17(29)30)8-25-9-20)7-28(11)19(31)27-12-2-13(21)18(23)14(22)3-12/h2-3,5,11,24-26H,4,6-10H2,1H3,(H,27,31)/p+1. The van der Waals surface area contributed by atoms with Gasteiger partial charge in [-0.2, -0.15) is 0 Å². The molecule has 0 aliphatic carbocycles. The molecule has 8 nitrogen and oxygen atoms in total. The molecule has 3 heterocycles. The van der Waals surface area contributed by atoms with E-state index in [2.05, 4.69) is 10.6 Å². The number of nitrogens with one attached hydrogen (secondary N) is 3. The molecule has 1 unspecified atom stereocenters. The van der Waals surface area contributed by atoms with Gasteiger partial charge in [0.1, 0.15) is 12.2 Å². The Labute approximate surface area is 177 Å². The van der Waals surface area contributed by atoms with Crippen molar-refractivity contribution in [3.8, 4) is 0 Å². The van der Waals surface area contributed by atoms with E-state index in [1.807, 2.05) is 12.2 Å². The Balaban J connectivity index is 1.53. The Morgan fingerprint density at radius 3 is 2.55 bits per heavy atom. The molecule has 0 bridgehead atoms. The van der Waals surface area contributed by atoms with Gasteiger partial charge in [-0.15, -0.1) is 0 Å². The highest BCUT2D eigenvalue weighted by Gasteiger charge is 2.49. The van der Waals surface area contributed by atoms with Crippen molar-refractivity contribution in [1.82, 2.24) is 15.1 Å². The third-order valence-electron chi connectivity index (χ3n) is 6.15. The highest BCUT2D eigenvalue weighted by molar-refractivity contribution is 5.91. The van der Waals surface area contributed by atoms with Crippen LogP contribution in [0.25, 0.3) is 0 Å². The number of nitrogens with two attached hydrogens (primary N) is 1. The van der Waals surface area contributed by atoms with Gasteiger partial charge >= 0.3 is 6.03 Å². The molecule has 1 spiro atoms. The van der Waals surface area contributed by atoms with E-state index in [-0.39, 0.29) is 29.6 Å². The Morgan fingerprint density at radius 2 is 2.00 bits per heavy atom.